The van der Waals surface area contributed by atoms with E-state index in [0.29, 0.717) is 22.1 Å². The van der Waals surface area contributed by atoms with E-state index in [1.807, 2.05) is 0 Å². The summed E-state index contributed by atoms with van der Waals surface area (Å²) in [6.45, 7) is 5.05. The molecule has 0 spiro atoms. The number of nitrogens with one attached hydrogen (secondary N) is 1. The maximum atomic E-state index is 13.4. The molecular formula is C22H19ClF3NO5S. The van der Waals surface area contributed by atoms with Gasteiger partial charge in [0.25, 0.3) is 5.91 Å². The van der Waals surface area contributed by atoms with Crippen molar-refractivity contribution in [1.82, 2.24) is 0 Å². The van der Waals surface area contributed by atoms with Crippen LogP contribution >= 0.6 is 23.4 Å². The first-order valence-corrected chi connectivity index (χ1v) is 11.2. The minimum Gasteiger partial charge on any atom is -0.456 e. The standard InChI is InChI=1S/C22H19ClF3NO5S/c1-21(2)31-18-15(30-20(29)22(18,3)32-21)9-33-16-6-10(4-5-12(16)23)19(28)27-11-7-13(24)17(26)14(25)8-11/h4-8,15,18H,9H2,1-3H3,(H,27,28)/t15-,18-,22-/m1/s1. The molecule has 2 saturated heterocycles. The van der Waals surface area contributed by atoms with Gasteiger partial charge in [0.2, 0.25) is 0 Å². The number of fused-ring (bicyclic) bond motifs is 1. The summed E-state index contributed by atoms with van der Waals surface area (Å²) in [7, 11) is 0. The summed E-state index contributed by atoms with van der Waals surface area (Å²) in [6.07, 6.45) is -1.21. The van der Waals surface area contributed by atoms with Gasteiger partial charge in [0.1, 0.15) is 12.2 Å². The minimum absolute atomic E-state index is 0.155. The highest BCUT2D eigenvalue weighted by Crippen LogP contribution is 2.45. The van der Waals surface area contributed by atoms with Gasteiger partial charge in [-0.15, -0.1) is 11.8 Å². The monoisotopic (exact) mass is 501 g/mol. The van der Waals surface area contributed by atoms with E-state index < -0.39 is 52.9 Å². The van der Waals surface area contributed by atoms with E-state index in [-0.39, 0.29) is 17.0 Å². The molecule has 0 unspecified atom stereocenters. The molecule has 0 bridgehead atoms. The molecule has 6 nitrogen and oxygen atoms in total. The smallest absolute Gasteiger partial charge is 0.341 e. The third-order valence-electron chi connectivity index (χ3n) is 5.25. The van der Waals surface area contributed by atoms with E-state index >= 15 is 0 Å². The number of carbonyl (C=O) groups excluding carboxylic acids is 2. The van der Waals surface area contributed by atoms with Gasteiger partial charge in [-0.05, 0) is 39.0 Å². The first kappa shape index (κ1) is 23.9. The van der Waals surface area contributed by atoms with Gasteiger partial charge in [0, 0.05) is 34.0 Å². The maximum Gasteiger partial charge on any atom is 0.341 e. The summed E-state index contributed by atoms with van der Waals surface area (Å²) >= 11 is 7.51. The molecule has 2 aromatic carbocycles. The summed E-state index contributed by atoms with van der Waals surface area (Å²) in [4.78, 5) is 25.4. The van der Waals surface area contributed by atoms with Gasteiger partial charge in [-0.3, -0.25) is 4.79 Å². The number of anilines is 1. The molecule has 2 aliphatic heterocycles. The van der Waals surface area contributed by atoms with Crippen molar-refractivity contribution in [2.45, 2.75) is 49.3 Å². The van der Waals surface area contributed by atoms with Crippen molar-refractivity contribution in [1.29, 1.82) is 0 Å². The highest BCUT2D eigenvalue weighted by Gasteiger charge is 2.64. The molecule has 33 heavy (non-hydrogen) atoms. The second-order valence-electron chi connectivity index (χ2n) is 8.26. The number of benzene rings is 2. The molecule has 1 N–H and O–H groups in total. The normalized spacial score (nSPS) is 25.6. The second kappa shape index (κ2) is 8.50. The van der Waals surface area contributed by atoms with Crippen LogP contribution in [0.4, 0.5) is 18.9 Å². The van der Waals surface area contributed by atoms with Gasteiger partial charge in [0.05, 0.1) is 5.02 Å². The van der Waals surface area contributed by atoms with Crippen molar-refractivity contribution in [3.63, 3.8) is 0 Å². The fourth-order valence-corrected chi connectivity index (χ4v) is 5.08. The van der Waals surface area contributed by atoms with Gasteiger partial charge in [-0.2, -0.15) is 0 Å². The van der Waals surface area contributed by atoms with Crippen LogP contribution in [0.5, 0.6) is 0 Å². The van der Waals surface area contributed by atoms with E-state index in [1.54, 1.807) is 20.8 Å². The number of halogens is 4. The van der Waals surface area contributed by atoms with Gasteiger partial charge in [-0.25, -0.2) is 18.0 Å². The van der Waals surface area contributed by atoms with Crippen LogP contribution in [0.3, 0.4) is 0 Å². The van der Waals surface area contributed by atoms with Gasteiger partial charge in [0.15, 0.2) is 28.8 Å². The predicted octanol–water partition coefficient (Wildman–Crippen LogP) is 4.94. The van der Waals surface area contributed by atoms with Gasteiger partial charge < -0.3 is 19.5 Å². The van der Waals surface area contributed by atoms with Gasteiger partial charge >= 0.3 is 5.97 Å². The molecule has 0 aromatic heterocycles. The third kappa shape index (κ3) is 4.57. The molecule has 2 aromatic rings. The van der Waals surface area contributed by atoms with Crippen molar-refractivity contribution in [2.75, 3.05) is 11.1 Å². The largest absolute Gasteiger partial charge is 0.456 e. The Morgan fingerprint density at radius 3 is 2.48 bits per heavy atom. The molecule has 2 heterocycles. The number of thioether (sulfide) groups is 1. The SMILES string of the molecule is CC1(C)O[C@@H]2[C@@H](CSc3cc(C(=O)Nc4cc(F)c(F)c(F)c4)ccc3Cl)OC(=O)[C@]2(C)O1. The zero-order valence-corrected chi connectivity index (χ0v) is 19.3. The Balaban J connectivity index is 1.47. The third-order valence-corrected chi connectivity index (χ3v) is 6.84. The zero-order valence-electron chi connectivity index (χ0n) is 17.7. The number of hydrogen-bond donors (Lipinski definition) is 1. The molecule has 2 fully saturated rings. The second-order valence-corrected chi connectivity index (χ2v) is 9.72. The Morgan fingerprint density at radius 2 is 1.82 bits per heavy atom. The van der Waals surface area contributed by atoms with Crippen molar-refractivity contribution < 1.29 is 37.0 Å². The topological polar surface area (TPSA) is 73.9 Å². The lowest BCUT2D eigenvalue weighted by Crippen LogP contribution is -2.41. The molecule has 0 saturated carbocycles. The molecule has 11 heteroatoms. The fourth-order valence-electron chi connectivity index (χ4n) is 3.80. The van der Waals surface area contributed by atoms with Crippen LogP contribution in [0.1, 0.15) is 31.1 Å². The Kier molecular flexibility index (Phi) is 6.15. The summed E-state index contributed by atoms with van der Waals surface area (Å²) in [5.41, 5.74) is -1.29. The molecule has 0 aliphatic carbocycles. The first-order chi connectivity index (χ1) is 15.4. The maximum absolute atomic E-state index is 13.4. The number of hydrogen-bond acceptors (Lipinski definition) is 6. The number of carbonyl (C=O) groups is 2. The number of esters is 1. The Morgan fingerprint density at radius 1 is 1.15 bits per heavy atom. The van der Waals surface area contributed by atoms with Crippen LogP contribution in [0, 0.1) is 17.5 Å². The highest BCUT2D eigenvalue weighted by atomic mass is 35.5. The number of rotatable bonds is 5. The molecule has 4 rings (SSSR count). The fraction of sp³-hybridized carbons (Fsp3) is 0.364. The Labute approximate surface area is 196 Å². The summed E-state index contributed by atoms with van der Waals surface area (Å²) in [5, 5.41) is 2.67. The van der Waals surface area contributed by atoms with Crippen LogP contribution in [0.15, 0.2) is 35.2 Å². The van der Waals surface area contributed by atoms with Crippen LogP contribution in [-0.4, -0.2) is 41.2 Å². The quantitative estimate of drug-likeness (QED) is 0.355. The van der Waals surface area contributed by atoms with E-state index in [1.165, 1.54) is 30.0 Å². The average Bonchev–Trinajstić information content (AvgIpc) is 3.11. The summed E-state index contributed by atoms with van der Waals surface area (Å²) in [5.74, 6) is -6.30. The predicted molar refractivity (Wildman–Crippen MR) is 115 cm³/mol. The van der Waals surface area contributed by atoms with Crippen molar-refractivity contribution in [3.05, 3.63) is 58.4 Å². The lowest BCUT2D eigenvalue weighted by atomic mass is 9.99. The Bertz CT molecular complexity index is 1120. The Hall–Kier alpha value is -2.27. The number of ether oxygens (including phenoxy) is 3. The van der Waals surface area contributed by atoms with Crippen LogP contribution in [0.25, 0.3) is 0 Å². The lowest BCUT2D eigenvalue weighted by molar-refractivity contribution is -0.195. The van der Waals surface area contributed by atoms with Crippen LogP contribution < -0.4 is 5.32 Å². The highest BCUT2D eigenvalue weighted by molar-refractivity contribution is 7.99. The molecule has 2 aliphatic rings. The summed E-state index contributed by atoms with van der Waals surface area (Å²) in [6, 6.07) is 5.77. The number of amides is 1. The van der Waals surface area contributed by atoms with Gasteiger partial charge in [-0.1, -0.05) is 11.6 Å². The average molecular weight is 502 g/mol. The molecular weight excluding hydrogens is 483 g/mol. The zero-order chi connectivity index (χ0) is 24.1. The van der Waals surface area contributed by atoms with E-state index in [0.717, 1.165) is 0 Å². The minimum atomic E-state index is -1.62. The van der Waals surface area contributed by atoms with Crippen molar-refractivity contribution in [2.24, 2.45) is 0 Å². The van der Waals surface area contributed by atoms with E-state index in [2.05, 4.69) is 5.32 Å². The van der Waals surface area contributed by atoms with Crippen molar-refractivity contribution >= 4 is 40.9 Å². The molecule has 3 atom stereocenters. The molecule has 0 radical (unpaired) electrons. The van der Waals surface area contributed by atoms with E-state index in [9.17, 15) is 22.8 Å². The number of cyclic esters (lactones) is 1. The van der Waals surface area contributed by atoms with Crippen molar-refractivity contribution in [3.8, 4) is 0 Å². The molecule has 176 valence electrons. The van der Waals surface area contributed by atoms with Crippen LogP contribution in [0.2, 0.25) is 5.02 Å². The van der Waals surface area contributed by atoms with Crippen LogP contribution in [-0.2, 0) is 19.0 Å². The molecule has 1 amide bonds. The lowest BCUT2D eigenvalue weighted by Gasteiger charge is -2.21. The van der Waals surface area contributed by atoms with E-state index in [4.69, 9.17) is 25.8 Å². The summed E-state index contributed by atoms with van der Waals surface area (Å²) < 4.78 is 57.0. The first-order valence-electron chi connectivity index (χ1n) is 9.87.